The predicted octanol–water partition coefficient (Wildman–Crippen LogP) is 3.48. The maximum atomic E-state index is 4.08. The van der Waals surface area contributed by atoms with Crippen LogP contribution in [0.1, 0.15) is 22.3 Å². The van der Waals surface area contributed by atoms with E-state index in [4.69, 9.17) is 0 Å². The van der Waals surface area contributed by atoms with E-state index in [1.807, 2.05) is 5.38 Å². The van der Waals surface area contributed by atoms with E-state index in [0.29, 0.717) is 0 Å². The second kappa shape index (κ2) is 4.66. The Kier molecular flexibility index (Phi) is 3.25. The Morgan fingerprint density at radius 2 is 1.94 bits per heavy atom. The second-order valence-electron chi connectivity index (χ2n) is 4.03. The third kappa shape index (κ3) is 2.42. The normalized spacial score (nSPS) is 10.4. The number of aromatic nitrogens is 1. The van der Waals surface area contributed by atoms with Crippen LogP contribution >= 0.6 is 11.3 Å². The summed E-state index contributed by atoms with van der Waals surface area (Å²) in [5.74, 6) is 0.904. The fourth-order valence-electron chi connectivity index (χ4n) is 1.69. The monoisotopic (exact) mass is 231 g/mol. The molecule has 1 N–H and O–H groups in total. The average Bonchev–Trinajstić information content (AvgIpc) is 2.75. The summed E-state index contributed by atoms with van der Waals surface area (Å²) < 4.78 is 0. The van der Waals surface area contributed by atoms with Gasteiger partial charge in [-0.25, -0.2) is 4.98 Å². The van der Waals surface area contributed by atoms with Crippen molar-refractivity contribution >= 4 is 17.2 Å². The first-order chi connectivity index (χ1) is 7.66. The second-order valence-corrected chi connectivity index (χ2v) is 4.69. The SMILES string of the molecule is Cc1cc(CNc2cs[c]n2)cc(C)c1C. The molecule has 1 radical (unpaired) electrons. The number of aryl methyl sites for hydroxylation is 2. The van der Waals surface area contributed by atoms with E-state index in [1.54, 1.807) is 0 Å². The van der Waals surface area contributed by atoms with E-state index in [1.165, 1.54) is 33.6 Å². The van der Waals surface area contributed by atoms with Crippen molar-refractivity contribution in [2.75, 3.05) is 5.32 Å². The minimum absolute atomic E-state index is 0.819. The molecule has 0 fully saturated rings. The topological polar surface area (TPSA) is 24.9 Å². The number of hydrogen-bond donors (Lipinski definition) is 1. The molecule has 83 valence electrons. The third-order valence-electron chi connectivity index (χ3n) is 2.85. The molecule has 3 heteroatoms. The summed E-state index contributed by atoms with van der Waals surface area (Å²) in [6, 6.07) is 4.46. The van der Waals surface area contributed by atoms with Crippen LogP contribution in [0.5, 0.6) is 0 Å². The van der Waals surface area contributed by atoms with Gasteiger partial charge in [-0.3, -0.25) is 0 Å². The van der Waals surface area contributed by atoms with Crippen LogP contribution in [-0.4, -0.2) is 4.98 Å². The quantitative estimate of drug-likeness (QED) is 0.874. The lowest BCUT2D eigenvalue weighted by Gasteiger charge is -2.09. The van der Waals surface area contributed by atoms with Gasteiger partial charge in [0.1, 0.15) is 5.82 Å². The molecule has 0 aliphatic rings. The van der Waals surface area contributed by atoms with Gasteiger partial charge in [0.15, 0.2) is 5.51 Å². The van der Waals surface area contributed by atoms with Crippen molar-refractivity contribution < 1.29 is 0 Å². The lowest BCUT2D eigenvalue weighted by molar-refractivity contribution is 1.10. The Morgan fingerprint density at radius 1 is 1.25 bits per heavy atom. The fourth-order valence-corrected chi connectivity index (χ4v) is 2.14. The molecule has 2 rings (SSSR count). The number of nitrogens with zero attached hydrogens (tertiary/aromatic N) is 1. The number of anilines is 1. The zero-order valence-corrected chi connectivity index (χ0v) is 10.6. The van der Waals surface area contributed by atoms with Crippen LogP contribution < -0.4 is 5.32 Å². The van der Waals surface area contributed by atoms with E-state index in [9.17, 15) is 0 Å². The van der Waals surface area contributed by atoms with E-state index in [-0.39, 0.29) is 0 Å². The lowest BCUT2D eigenvalue weighted by atomic mass is 10.0. The summed E-state index contributed by atoms with van der Waals surface area (Å²) in [7, 11) is 0. The van der Waals surface area contributed by atoms with E-state index < -0.39 is 0 Å². The van der Waals surface area contributed by atoms with Crippen molar-refractivity contribution in [3.8, 4) is 0 Å². The molecule has 0 aliphatic carbocycles. The first-order valence-corrected chi connectivity index (χ1v) is 6.17. The van der Waals surface area contributed by atoms with Crippen LogP contribution in [0.25, 0.3) is 0 Å². The van der Waals surface area contributed by atoms with E-state index >= 15 is 0 Å². The minimum Gasteiger partial charge on any atom is -0.365 e. The Morgan fingerprint density at radius 3 is 2.50 bits per heavy atom. The fraction of sp³-hybridized carbons (Fsp3) is 0.308. The Hall–Kier alpha value is -1.35. The van der Waals surface area contributed by atoms with Crippen molar-refractivity contribution in [1.29, 1.82) is 0 Å². The Bertz CT molecular complexity index is 452. The number of benzene rings is 1. The highest BCUT2D eigenvalue weighted by molar-refractivity contribution is 7.07. The summed E-state index contributed by atoms with van der Waals surface area (Å²) in [5, 5.41) is 5.25. The molecule has 1 aromatic heterocycles. The van der Waals surface area contributed by atoms with Gasteiger partial charge in [-0.2, -0.15) is 0 Å². The third-order valence-corrected chi connectivity index (χ3v) is 3.39. The van der Waals surface area contributed by atoms with Gasteiger partial charge in [0, 0.05) is 11.9 Å². The van der Waals surface area contributed by atoms with Crippen LogP contribution in [0.4, 0.5) is 5.82 Å². The largest absolute Gasteiger partial charge is 0.365 e. The van der Waals surface area contributed by atoms with E-state index in [2.05, 4.69) is 48.7 Å². The molecule has 0 bridgehead atoms. The Labute approximate surface area is 100 Å². The molecule has 0 unspecified atom stereocenters. The first-order valence-electron chi connectivity index (χ1n) is 5.29. The first kappa shape index (κ1) is 11.1. The molecule has 0 saturated carbocycles. The molecule has 2 aromatic rings. The van der Waals surface area contributed by atoms with Gasteiger partial charge in [-0.05, 0) is 43.0 Å². The number of hydrogen-bond acceptors (Lipinski definition) is 3. The summed E-state index contributed by atoms with van der Waals surface area (Å²) >= 11 is 1.48. The highest BCUT2D eigenvalue weighted by atomic mass is 32.1. The zero-order chi connectivity index (χ0) is 11.5. The highest BCUT2D eigenvalue weighted by Gasteiger charge is 2.01. The lowest BCUT2D eigenvalue weighted by Crippen LogP contribution is -2.01. The van der Waals surface area contributed by atoms with Crippen LogP contribution in [-0.2, 0) is 6.54 Å². The average molecular weight is 231 g/mol. The van der Waals surface area contributed by atoms with Gasteiger partial charge in [0.05, 0.1) is 0 Å². The molecule has 0 aliphatic heterocycles. The Balaban J connectivity index is 2.10. The number of rotatable bonds is 3. The van der Waals surface area contributed by atoms with Crippen LogP contribution in [0.15, 0.2) is 17.5 Å². The number of thiazole rings is 1. The maximum absolute atomic E-state index is 4.08. The molecule has 2 nitrogen and oxygen atoms in total. The smallest absolute Gasteiger partial charge is 0.154 e. The highest BCUT2D eigenvalue weighted by Crippen LogP contribution is 2.16. The molecule has 1 heterocycles. The molecule has 1 aromatic carbocycles. The van der Waals surface area contributed by atoms with E-state index in [0.717, 1.165) is 12.4 Å². The van der Waals surface area contributed by atoms with Gasteiger partial charge < -0.3 is 5.32 Å². The molecule has 0 saturated heterocycles. The molecule has 0 spiro atoms. The van der Waals surface area contributed by atoms with Crippen molar-refractivity contribution in [2.45, 2.75) is 27.3 Å². The summed E-state index contributed by atoms with van der Waals surface area (Å²) in [5.41, 5.74) is 8.20. The van der Waals surface area contributed by atoms with Crippen molar-refractivity contribution in [3.05, 3.63) is 45.3 Å². The molecular formula is C13H15N2S. The van der Waals surface area contributed by atoms with Crippen molar-refractivity contribution in [2.24, 2.45) is 0 Å². The van der Waals surface area contributed by atoms with Gasteiger partial charge in [-0.15, -0.1) is 11.3 Å². The summed E-state index contributed by atoms with van der Waals surface area (Å²) in [4.78, 5) is 4.08. The number of nitrogens with one attached hydrogen (secondary N) is 1. The van der Waals surface area contributed by atoms with Crippen molar-refractivity contribution in [3.63, 3.8) is 0 Å². The zero-order valence-electron chi connectivity index (χ0n) is 9.79. The van der Waals surface area contributed by atoms with Crippen molar-refractivity contribution in [1.82, 2.24) is 4.98 Å². The predicted molar refractivity (Wildman–Crippen MR) is 68.9 cm³/mol. The summed E-state index contributed by atoms with van der Waals surface area (Å²) in [6.07, 6.45) is 0. The van der Waals surface area contributed by atoms with Crippen LogP contribution in [0.2, 0.25) is 0 Å². The van der Waals surface area contributed by atoms with Gasteiger partial charge in [0.25, 0.3) is 0 Å². The summed E-state index contributed by atoms with van der Waals surface area (Å²) in [6.45, 7) is 7.29. The molecule has 0 atom stereocenters. The van der Waals surface area contributed by atoms with Crippen LogP contribution in [0.3, 0.4) is 0 Å². The molecular weight excluding hydrogens is 216 g/mol. The van der Waals surface area contributed by atoms with Gasteiger partial charge >= 0.3 is 0 Å². The minimum atomic E-state index is 0.819. The van der Waals surface area contributed by atoms with Crippen LogP contribution in [0, 0.1) is 26.3 Å². The maximum Gasteiger partial charge on any atom is 0.154 e. The van der Waals surface area contributed by atoms with Gasteiger partial charge in [0.2, 0.25) is 0 Å². The van der Waals surface area contributed by atoms with Gasteiger partial charge in [-0.1, -0.05) is 12.1 Å². The molecule has 16 heavy (non-hydrogen) atoms. The molecule has 0 amide bonds. The standard InChI is InChI=1S/C13H15N2S/c1-9-4-12(5-10(2)11(9)3)6-14-13-7-16-8-15-13/h4-5,7,14H,6H2,1-3H3.